The van der Waals surface area contributed by atoms with E-state index in [4.69, 9.17) is 4.42 Å². The highest BCUT2D eigenvalue weighted by Gasteiger charge is 2.20. The molecule has 0 fully saturated rings. The van der Waals surface area contributed by atoms with Crippen LogP contribution in [-0.2, 0) is 0 Å². The van der Waals surface area contributed by atoms with Crippen LogP contribution in [0.1, 0.15) is 0 Å². The Morgan fingerprint density at radius 2 is 0.870 bits per heavy atom. The quantitative estimate of drug-likeness (QED) is 0.166. The minimum absolute atomic E-state index is 0.852. The summed E-state index contributed by atoms with van der Waals surface area (Å²) in [5.41, 5.74) is 14.4. The molecule has 54 heavy (non-hydrogen) atoms. The van der Waals surface area contributed by atoms with Gasteiger partial charge < -0.3 is 9.32 Å². The van der Waals surface area contributed by atoms with Crippen molar-refractivity contribution in [2.75, 3.05) is 4.90 Å². The van der Waals surface area contributed by atoms with Crippen LogP contribution < -0.4 is 4.90 Å². The third-order valence-corrected chi connectivity index (χ3v) is 10.5. The molecule has 10 rings (SSSR count). The average molecular weight is 690 g/mol. The first kappa shape index (κ1) is 31.6. The Balaban J connectivity index is 1.11. The molecule has 0 amide bonds. The average Bonchev–Trinajstić information content (AvgIpc) is 3.63. The molecule has 1 aromatic heterocycles. The highest BCUT2D eigenvalue weighted by Crippen LogP contribution is 2.44. The van der Waals surface area contributed by atoms with E-state index in [1.165, 1.54) is 38.6 Å². The number of benzene rings is 9. The minimum Gasteiger partial charge on any atom is -0.456 e. The Hall–Kier alpha value is -7.16. The first-order valence-corrected chi connectivity index (χ1v) is 18.4. The molecule has 254 valence electrons. The van der Waals surface area contributed by atoms with E-state index in [1.54, 1.807) is 0 Å². The van der Waals surface area contributed by atoms with E-state index in [0.717, 1.165) is 55.7 Å². The summed E-state index contributed by atoms with van der Waals surface area (Å²) in [5, 5.41) is 4.67. The number of fused-ring (bicyclic) bond motifs is 4. The molecule has 0 radical (unpaired) electrons. The van der Waals surface area contributed by atoms with E-state index in [0.29, 0.717) is 0 Å². The molecule has 0 saturated heterocycles. The van der Waals surface area contributed by atoms with Gasteiger partial charge in [-0.2, -0.15) is 0 Å². The van der Waals surface area contributed by atoms with Crippen LogP contribution in [0.3, 0.4) is 0 Å². The summed E-state index contributed by atoms with van der Waals surface area (Å²) < 4.78 is 6.68. The van der Waals surface area contributed by atoms with Gasteiger partial charge in [-0.05, 0) is 92.2 Å². The van der Waals surface area contributed by atoms with Crippen LogP contribution >= 0.6 is 0 Å². The molecule has 0 aliphatic carbocycles. The van der Waals surface area contributed by atoms with E-state index < -0.39 is 0 Å². The highest BCUT2D eigenvalue weighted by molar-refractivity contribution is 6.13. The second-order valence-corrected chi connectivity index (χ2v) is 13.7. The van der Waals surface area contributed by atoms with Gasteiger partial charge in [0.1, 0.15) is 11.2 Å². The lowest BCUT2D eigenvalue weighted by molar-refractivity contribution is 0.669. The Kier molecular flexibility index (Phi) is 7.85. The van der Waals surface area contributed by atoms with Crippen molar-refractivity contribution in [1.82, 2.24) is 0 Å². The van der Waals surface area contributed by atoms with E-state index in [-0.39, 0.29) is 0 Å². The Morgan fingerprint density at radius 3 is 1.61 bits per heavy atom. The van der Waals surface area contributed by atoms with Gasteiger partial charge in [-0.1, -0.05) is 164 Å². The number of nitrogens with zero attached hydrogens (tertiary/aromatic N) is 1. The van der Waals surface area contributed by atoms with Crippen molar-refractivity contribution in [3.05, 3.63) is 212 Å². The molecule has 0 spiro atoms. The molecule has 0 N–H and O–H groups in total. The molecule has 0 unspecified atom stereocenters. The van der Waals surface area contributed by atoms with Crippen molar-refractivity contribution in [2.24, 2.45) is 0 Å². The summed E-state index contributed by atoms with van der Waals surface area (Å²) in [6.45, 7) is 0. The molecule has 1 heterocycles. The third kappa shape index (κ3) is 5.71. The van der Waals surface area contributed by atoms with Gasteiger partial charge in [0.05, 0.1) is 5.69 Å². The predicted octanol–water partition coefficient (Wildman–Crippen LogP) is 14.9. The molecule has 10 aromatic rings. The fourth-order valence-electron chi connectivity index (χ4n) is 7.80. The second-order valence-electron chi connectivity index (χ2n) is 13.7. The SMILES string of the molecule is c1ccc(-c2ccc(-c3cccc4oc5cc(N(c6ccc(-c7ccccc7)cc6)c6ccccc6-c6ccc7ccccc7c6)ccc5c34)cc2)cc1. The summed E-state index contributed by atoms with van der Waals surface area (Å²) in [6, 6.07) is 75.8. The zero-order valence-electron chi connectivity index (χ0n) is 29.6. The van der Waals surface area contributed by atoms with E-state index in [9.17, 15) is 0 Å². The molecular weight excluding hydrogens is 655 g/mol. The maximum Gasteiger partial charge on any atom is 0.137 e. The smallest absolute Gasteiger partial charge is 0.137 e. The van der Waals surface area contributed by atoms with Crippen molar-refractivity contribution >= 4 is 49.8 Å². The molecule has 9 aromatic carbocycles. The summed E-state index contributed by atoms with van der Waals surface area (Å²) in [6.07, 6.45) is 0. The third-order valence-electron chi connectivity index (χ3n) is 10.5. The fraction of sp³-hybridized carbons (Fsp3) is 0. The molecule has 0 aliphatic heterocycles. The Labute approximate surface area is 314 Å². The normalized spacial score (nSPS) is 11.3. The van der Waals surface area contributed by atoms with Crippen LogP contribution in [0.25, 0.3) is 77.2 Å². The van der Waals surface area contributed by atoms with Gasteiger partial charge in [-0.15, -0.1) is 0 Å². The van der Waals surface area contributed by atoms with Crippen molar-refractivity contribution in [1.29, 1.82) is 0 Å². The Morgan fingerprint density at radius 1 is 0.315 bits per heavy atom. The maximum absolute atomic E-state index is 6.68. The van der Waals surface area contributed by atoms with Gasteiger partial charge in [0.2, 0.25) is 0 Å². The largest absolute Gasteiger partial charge is 0.456 e. The van der Waals surface area contributed by atoms with Crippen molar-refractivity contribution in [3.8, 4) is 44.5 Å². The van der Waals surface area contributed by atoms with Gasteiger partial charge in [0.25, 0.3) is 0 Å². The summed E-state index contributed by atoms with van der Waals surface area (Å²) in [7, 11) is 0. The molecule has 0 saturated carbocycles. The van der Waals surface area contributed by atoms with Crippen LogP contribution in [0.5, 0.6) is 0 Å². The van der Waals surface area contributed by atoms with E-state index in [1.807, 2.05) is 0 Å². The lowest BCUT2D eigenvalue weighted by Gasteiger charge is -2.28. The highest BCUT2D eigenvalue weighted by atomic mass is 16.3. The van der Waals surface area contributed by atoms with Crippen LogP contribution in [-0.4, -0.2) is 0 Å². The number of furan rings is 1. The van der Waals surface area contributed by atoms with Crippen molar-refractivity contribution in [3.63, 3.8) is 0 Å². The van der Waals surface area contributed by atoms with Gasteiger partial charge in [0.15, 0.2) is 0 Å². The second kappa shape index (κ2) is 13.4. The van der Waals surface area contributed by atoms with Crippen LogP contribution in [0, 0.1) is 0 Å². The summed E-state index contributed by atoms with van der Waals surface area (Å²) >= 11 is 0. The monoisotopic (exact) mass is 689 g/mol. The number of hydrogen-bond donors (Lipinski definition) is 0. The maximum atomic E-state index is 6.68. The lowest BCUT2D eigenvalue weighted by Crippen LogP contribution is -2.11. The topological polar surface area (TPSA) is 16.4 Å². The zero-order valence-corrected chi connectivity index (χ0v) is 29.6. The molecule has 0 atom stereocenters. The molecule has 2 nitrogen and oxygen atoms in total. The molecule has 0 aliphatic rings. The molecular formula is C52H35NO. The summed E-state index contributed by atoms with van der Waals surface area (Å²) in [4.78, 5) is 2.36. The van der Waals surface area contributed by atoms with Crippen molar-refractivity contribution < 1.29 is 4.42 Å². The number of rotatable bonds is 7. The van der Waals surface area contributed by atoms with Gasteiger partial charge in [-0.25, -0.2) is 0 Å². The predicted molar refractivity (Wildman–Crippen MR) is 228 cm³/mol. The van der Waals surface area contributed by atoms with Gasteiger partial charge in [-0.3, -0.25) is 0 Å². The van der Waals surface area contributed by atoms with Crippen LogP contribution in [0.2, 0.25) is 0 Å². The zero-order chi connectivity index (χ0) is 35.8. The fourth-order valence-corrected chi connectivity index (χ4v) is 7.80. The molecule has 0 bridgehead atoms. The number of hydrogen-bond acceptors (Lipinski definition) is 2. The minimum atomic E-state index is 0.852. The first-order valence-electron chi connectivity index (χ1n) is 18.4. The molecule has 2 heteroatoms. The van der Waals surface area contributed by atoms with Crippen molar-refractivity contribution in [2.45, 2.75) is 0 Å². The van der Waals surface area contributed by atoms with Crippen LogP contribution in [0.4, 0.5) is 17.1 Å². The van der Waals surface area contributed by atoms with E-state index >= 15 is 0 Å². The van der Waals surface area contributed by atoms with Gasteiger partial charge in [0, 0.05) is 33.8 Å². The van der Waals surface area contributed by atoms with Gasteiger partial charge >= 0.3 is 0 Å². The Bertz CT molecular complexity index is 2910. The standard InChI is InChI=1S/C52H35NO/c1-3-12-36(13-4-1)39-22-25-41(26-23-39)47-19-11-21-50-52(47)48-33-32-45(35-51(48)54-50)53(44-30-28-40(29-31-44)37-14-5-2-6-15-37)49-20-10-9-18-46(49)43-27-24-38-16-7-8-17-42(38)34-43/h1-35H. The number of para-hydroxylation sites is 1. The first-order chi connectivity index (χ1) is 26.8. The summed E-state index contributed by atoms with van der Waals surface area (Å²) in [5.74, 6) is 0. The lowest BCUT2D eigenvalue weighted by atomic mass is 9.96. The number of anilines is 3. The van der Waals surface area contributed by atoms with Crippen LogP contribution in [0.15, 0.2) is 217 Å². The van der Waals surface area contributed by atoms with E-state index in [2.05, 4.69) is 217 Å².